The third-order valence-electron chi connectivity index (χ3n) is 2.31. The molecule has 0 aromatic carbocycles. The van der Waals surface area contributed by atoms with Crippen molar-refractivity contribution in [2.24, 2.45) is 0 Å². The molecule has 4 heteroatoms. The molecule has 0 aliphatic heterocycles. The molecule has 0 spiro atoms. The molecule has 0 saturated carbocycles. The van der Waals surface area contributed by atoms with Crippen LogP contribution in [-0.4, -0.2) is 14.5 Å². The van der Waals surface area contributed by atoms with Gasteiger partial charge in [-0.15, -0.1) is 0 Å². The lowest BCUT2D eigenvalue weighted by atomic mass is 10.3. The highest BCUT2D eigenvalue weighted by molar-refractivity contribution is 5.32. The molecule has 0 N–H and O–H groups in total. The summed E-state index contributed by atoms with van der Waals surface area (Å²) in [5, 5.41) is 8.69. The van der Waals surface area contributed by atoms with Crippen molar-refractivity contribution in [1.29, 1.82) is 5.26 Å². The van der Waals surface area contributed by atoms with Gasteiger partial charge in [-0.3, -0.25) is 4.57 Å². The zero-order chi connectivity index (χ0) is 11.4. The highest BCUT2D eigenvalue weighted by atomic mass is 15.1. The Balaban J connectivity index is 2.35. The molecule has 2 heterocycles. The summed E-state index contributed by atoms with van der Waals surface area (Å²) in [6.45, 7) is 2.12. The number of imidazole rings is 1. The summed E-state index contributed by atoms with van der Waals surface area (Å²) in [5.74, 6) is 1.81. The van der Waals surface area contributed by atoms with Crippen LogP contribution in [0.4, 0.5) is 0 Å². The monoisotopic (exact) mass is 212 g/mol. The molecule has 2 aromatic rings. The molecule has 0 atom stereocenters. The van der Waals surface area contributed by atoms with E-state index in [-0.39, 0.29) is 0 Å². The molecule has 2 rings (SSSR count). The second-order valence-corrected chi connectivity index (χ2v) is 3.48. The van der Waals surface area contributed by atoms with Gasteiger partial charge in [0.1, 0.15) is 17.7 Å². The number of hydrogen-bond donors (Lipinski definition) is 0. The fraction of sp³-hybridized carbons (Fsp3) is 0.250. The van der Waals surface area contributed by atoms with Crippen LogP contribution in [0.2, 0.25) is 0 Å². The molecule has 16 heavy (non-hydrogen) atoms. The lowest BCUT2D eigenvalue weighted by molar-refractivity contribution is 0.798. The summed E-state index contributed by atoms with van der Waals surface area (Å²) < 4.78 is 1.95. The minimum absolute atomic E-state index is 0.570. The van der Waals surface area contributed by atoms with Gasteiger partial charge >= 0.3 is 0 Å². The van der Waals surface area contributed by atoms with Crippen molar-refractivity contribution in [3.05, 3.63) is 42.1 Å². The molecule has 0 aliphatic carbocycles. The van der Waals surface area contributed by atoms with E-state index in [0.29, 0.717) is 5.56 Å². The summed E-state index contributed by atoms with van der Waals surface area (Å²) in [6, 6.07) is 5.65. The van der Waals surface area contributed by atoms with E-state index in [9.17, 15) is 0 Å². The summed E-state index contributed by atoms with van der Waals surface area (Å²) in [5.41, 5.74) is 0.570. The fourth-order valence-electron chi connectivity index (χ4n) is 1.55. The van der Waals surface area contributed by atoms with E-state index in [1.165, 1.54) is 0 Å². The van der Waals surface area contributed by atoms with Gasteiger partial charge in [0, 0.05) is 25.0 Å². The lowest BCUT2D eigenvalue weighted by Crippen LogP contribution is -2.02. The molecule has 80 valence electrons. The predicted octanol–water partition coefficient (Wildman–Crippen LogP) is 2.09. The predicted molar refractivity (Wildman–Crippen MR) is 60.1 cm³/mol. The van der Waals surface area contributed by atoms with Crippen LogP contribution in [0.15, 0.2) is 30.7 Å². The summed E-state index contributed by atoms with van der Waals surface area (Å²) in [7, 11) is 0. The Morgan fingerprint density at radius 3 is 2.88 bits per heavy atom. The van der Waals surface area contributed by atoms with Gasteiger partial charge in [-0.25, -0.2) is 9.97 Å². The normalized spacial score (nSPS) is 10.0. The van der Waals surface area contributed by atoms with Crippen LogP contribution in [0.3, 0.4) is 0 Å². The Kier molecular flexibility index (Phi) is 2.97. The first-order valence-electron chi connectivity index (χ1n) is 5.24. The molecule has 0 aliphatic rings. The number of aromatic nitrogens is 3. The van der Waals surface area contributed by atoms with Gasteiger partial charge in [-0.05, 0) is 18.6 Å². The van der Waals surface area contributed by atoms with Crippen LogP contribution in [-0.2, 0) is 6.42 Å². The Bertz CT molecular complexity index is 505. The first-order chi connectivity index (χ1) is 7.85. The number of nitrogens with zero attached hydrogens (tertiary/aromatic N) is 4. The van der Waals surface area contributed by atoms with Crippen molar-refractivity contribution in [2.45, 2.75) is 19.8 Å². The van der Waals surface area contributed by atoms with Crippen LogP contribution in [0.5, 0.6) is 0 Å². The molecule has 4 nitrogen and oxygen atoms in total. The van der Waals surface area contributed by atoms with E-state index >= 15 is 0 Å². The summed E-state index contributed by atoms with van der Waals surface area (Å²) in [6.07, 6.45) is 7.21. The van der Waals surface area contributed by atoms with Gasteiger partial charge in [0.2, 0.25) is 0 Å². The fourth-order valence-corrected chi connectivity index (χ4v) is 1.55. The maximum atomic E-state index is 8.69. The van der Waals surface area contributed by atoms with E-state index in [0.717, 1.165) is 24.5 Å². The van der Waals surface area contributed by atoms with Gasteiger partial charge < -0.3 is 0 Å². The van der Waals surface area contributed by atoms with Crippen LogP contribution in [0, 0.1) is 11.3 Å². The van der Waals surface area contributed by atoms with Crippen molar-refractivity contribution in [3.63, 3.8) is 0 Å². The Labute approximate surface area is 94.2 Å². The third kappa shape index (κ3) is 1.94. The van der Waals surface area contributed by atoms with Gasteiger partial charge in [0.15, 0.2) is 0 Å². The molecular formula is C12H12N4. The Morgan fingerprint density at radius 2 is 2.25 bits per heavy atom. The van der Waals surface area contributed by atoms with E-state index in [1.54, 1.807) is 18.5 Å². The quantitative estimate of drug-likeness (QED) is 0.782. The molecule has 0 radical (unpaired) electrons. The first-order valence-corrected chi connectivity index (χ1v) is 5.24. The number of nitriles is 1. The standard InChI is InChI=1S/C12H12N4/c1-2-3-11-14-6-7-16(11)12-5-4-10(8-13)9-15-12/h4-7,9H,2-3H2,1H3. The van der Waals surface area contributed by atoms with Gasteiger partial charge in [0.05, 0.1) is 5.56 Å². The minimum Gasteiger partial charge on any atom is -0.288 e. The molecule has 0 unspecified atom stereocenters. The zero-order valence-corrected chi connectivity index (χ0v) is 9.09. The number of aryl methyl sites for hydroxylation is 1. The maximum absolute atomic E-state index is 8.69. The highest BCUT2D eigenvalue weighted by Crippen LogP contribution is 2.09. The maximum Gasteiger partial charge on any atom is 0.138 e. The molecule has 0 saturated heterocycles. The molecule has 0 bridgehead atoms. The SMILES string of the molecule is CCCc1nccn1-c1ccc(C#N)cn1. The van der Waals surface area contributed by atoms with Gasteiger partial charge in [-0.1, -0.05) is 6.92 Å². The first kappa shape index (κ1) is 10.4. The second-order valence-electron chi connectivity index (χ2n) is 3.48. The summed E-state index contributed by atoms with van der Waals surface area (Å²) >= 11 is 0. The van der Waals surface area contributed by atoms with Crippen molar-refractivity contribution < 1.29 is 0 Å². The zero-order valence-electron chi connectivity index (χ0n) is 9.09. The van der Waals surface area contributed by atoms with E-state index < -0.39 is 0 Å². The van der Waals surface area contributed by atoms with Crippen molar-refractivity contribution >= 4 is 0 Å². The lowest BCUT2D eigenvalue weighted by Gasteiger charge is -2.05. The Hall–Kier alpha value is -2.15. The molecular weight excluding hydrogens is 200 g/mol. The van der Waals surface area contributed by atoms with Gasteiger partial charge in [-0.2, -0.15) is 5.26 Å². The average Bonchev–Trinajstić information content (AvgIpc) is 2.78. The van der Waals surface area contributed by atoms with Gasteiger partial charge in [0.25, 0.3) is 0 Å². The van der Waals surface area contributed by atoms with E-state index in [1.807, 2.05) is 16.8 Å². The van der Waals surface area contributed by atoms with Crippen molar-refractivity contribution in [1.82, 2.24) is 14.5 Å². The number of pyridine rings is 1. The van der Waals surface area contributed by atoms with Crippen LogP contribution < -0.4 is 0 Å². The topological polar surface area (TPSA) is 54.5 Å². The van der Waals surface area contributed by atoms with Crippen molar-refractivity contribution in [2.75, 3.05) is 0 Å². The molecule has 0 amide bonds. The van der Waals surface area contributed by atoms with Crippen LogP contribution >= 0.6 is 0 Å². The van der Waals surface area contributed by atoms with Crippen LogP contribution in [0.25, 0.3) is 5.82 Å². The number of rotatable bonds is 3. The smallest absolute Gasteiger partial charge is 0.138 e. The minimum atomic E-state index is 0.570. The third-order valence-corrected chi connectivity index (χ3v) is 2.31. The highest BCUT2D eigenvalue weighted by Gasteiger charge is 2.04. The average molecular weight is 212 g/mol. The van der Waals surface area contributed by atoms with E-state index in [2.05, 4.69) is 23.0 Å². The number of hydrogen-bond acceptors (Lipinski definition) is 3. The largest absolute Gasteiger partial charge is 0.288 e. The van der Waals surface area contributed by atoms with Crippen LogP contribution in [0.1, 0.15) is 24.7 Å². The molecule has 0 fully saturated rings. The molecule has 2 aromatic heterocycles. The summed E-state index contributed by atoms with van der Waals surface area (Å²) in [4.78, 5) is 8.52. The Morgan fingerprint density at radius 1 is 1.38 bits per heavy atom. The second kappa shape index (κ2) is 4.58. The van der Waals surface area contributed by atoms with E-state index in [4.69, 9.17) is 5.26 Å². The van der Waals surface area contributed by atoms with Crippen molar-refractivity contribution in [3.8, 4) is 11.9 Å².